The number of carbonyl (C=O) groups excluding carboxylic acids is 1. The van der Waals surface area contributed by atoms with Crippen molar-refractivity contribution in [2.24, 2.45) is 0 Å². The molecule has 2 heterocycles. The molecule has 0 saturated carbocycles. The molecule has 0 aliphatic carbocycles. The summed E-state index contributed by atoms with van der Waals surface area (Å²) in [4.78, 5) is 25.2. The molecule has 0 radical (unpaired) electrons. The van der Waals surface area contributed by atoms with Gasteiger partial charge in [-0.3, -0.25) is 9.69 Å². The van der Waals surface area contributed by atoms with Crippen molar-refractivity contribution in [3.63, 3.8) is 0 Å². The summed E-state index contributed by atoms with van der Waals surface area (Å²) < 4.78 is 2.06. The maximum atomic E-state index is 13.4. The molecule has 0 spiro atoms. The molecule has 138 valence electrons. The van der Waals surface area contributed by atoms with Crippen molar-refractivity contribution in [1.29, 1.82) is 0 Å². The number of amides is 1. The summed E-state index contributed by atoms with van der Waals surface area (Å²) in [6.45, 7) is 1.33. The van der Waals surface area contributed by atoms with Gasteiger partial charge in [0.05, 0.1) is 15.8 Å². The number of benzene rings is 2. The topological polar surface area (TPSA) is 52.2 Å². The smallest absolute Gasteiger partial charge is 0.262 e. The molecule has 2 aromatic heterocycles. The van der Waals surface area contributed by atoms with Gasteiger partial charge in [-0.1, -0.05) is 45.5 Å². The Kier molecular flexibility index (Phi) is 4.99. The zero-order chi connectivity index (χ0) is 19.0. The van der Waals surface area contributed by atoms with E-state index < -0.39 is 0 Å². The van der Waals surface area contributed by atoms with E-state index in [9.17, 15) is 4.79 Å². The van der Waals surface area contributed by atoms with E-state index in [-0.39, 0.29) is 5.91 Å². The molecule has 1 N–H and O–H groups in total. The van der Waals surface area contributed by atoms with Gasteiger partial charge in [0.2, 0.25) is 0 Å². The summed E-state index contributed by atoms with van der Waals surface area (Å²) in [5.41, 5.74) is 2.53. The maximum Gasteiger partial charge on any atom is 0.262 e. The number of rotatable bonds is 5. The molecule has 2 aromatic carbocycles. The molecule has 5 nitrogen and oxygen atoms in total. The highest BCUT2D eigenvalue weighted by atomic mass is 79.9. The van der Waals surface area contributed by atoms with Crippen LogP contribution in [-0.2, 0) is 0 Å². The predicted octanol–water partition coefficient (Wildman–Crippen LogP) is 4.75. The van der Waals surface area contributed by atoms with E-state index in [2.05, 4.69) is 25.8 Å². The lowest BCUT2D eigenvalue weighted by molar-refractivity contribution is 0.0987. The molecule has 0 atom stereocenters. The van der Waals surface area contributed by atoms with Gasteiger partial charge < -0.3 is 9.88 Å². The van der Waals surface area contributed by atoms with Crippen LogP contribution in [0.5, 0.6) is 0 Å². The monoisotopic (exact) mass is 442 g/mol. The SMILES string of the molecule is CN(C)CCN(C(=O)c1c[nH]c2ccccc12)c1nc2ccc(Br)cc2s1. The predicted molar refractivity (Wildman–Crippen MR) is 116 cm³/mol. The fourth-order valence-electron chi connectivity index (χ4n) is 2.98. The lowest BCUT2D eigenvalue weighted by Gasteiger charge is -2.21. The largest absolute Gasteiger partial charge is 0.360 e. The zero-order valence-corrected chi connectivity index (χ0v) is 17.5. The first kappa shape index (κ1) is 18.2. The number of nitrogens with one attached hydrogen (secondary N) is 1. The van der Waals surface area contributed by atoms with Crippen LogP contribution in [0, 0.1) is 0 Å². The van der Waals surface area contributed by atoms with Gasteiger partial charge in [-0.15, -0.1) is 0 Å². The second kappa shape index (κ2) is 7.42. The van der Waals surface area contributed by atoms with E-state index in [1.54, 1.807) is 11.1 Å². The second-order valence-electron chi connectivity index (χ2n) is 6.62. The van der Waals surface area contributed by atoms with Gasteiger partial charge >= 0.3 is 0 Å². The summed E-state index contributed by atoms with van der Waals surface area (Å²) in [6, 6.07) is 13.8. The van der Waals surface area contributed by atoms with Crippen molar-refractivity contribution in [3.8, 4) is 0 Å². The Morgan fingerprint density at radius 2 is 2.00 bits per heavy atom. The molecule has 0 aliphatic heterocycles. The number of aromatic amines is 1. The lowest BCUT2D eigenvalue weighted by Crippen LogP contribution is -2.36. The van der Waals surface area contributed by atoms with Crippen LogP contribution >= 0.6 is 27.3 Å². The summed E-state index contributed by atoms with van der Waals surface area (Å²) in [5.74, 6) is -0.0348. The number of fused-ring (bicyclic) bond motifs is 2. The molecule has 0 unspecified atom stereocenters. The van der Waals surface area contributed by atoms with Gasteiger partial charge in [-0.25, -0.2) is 4.98 Å². The quantitative estimate of drug-likeness (QED) is 0.485. The van der Waals surface area contributed by atoms with Crippen LogP contribution in [0.1, 0.15) is 10.4 Å². The normalized spacial score (nSPS) is 11.6. The van der Waals surface area contributed by atoms with Crippen molar-refractivity contribution in [2.45, 2.75) is 0 Å². The number of H-pyrrole nitrogens is 1. The number of aromatic nitrogens is 2. The Hall–Kier alpha value is -2.22. The molecule has 1 amide bonds. The minimum atomic E-state index is -0.0348. The molecule has 7 heteroatoms. The molecule has 0 aliphatic rings. The van der Waals surface area contributed by atoms with Gasteiger partial charge in [-0.05, 0) is 38.4 Å². The number of thiazole rings is 1. The fraction of sp³-hybridized carbons (Fsp3) is 0.200. The van der Waals surface area contributed by atoms with Crippen molar-refractivity contribution < 1.29 is 4.79 Å². The Balaban J connectivity index is 1.76. The molecule has 4 rings (SSSR count). The van der Waals surface area contributed by atoms with Crippen molar-refractivity contribution in [3.05, 3.63) is 58.7 Å². The molecule has 0 fully saturated rings. The molecular formula is C20H19BrN4OS. The number of halogens is 1. The van der Waals surface area contributed by atoms with Gasteiger partial charge in [0.15, 0.2) is 5.13 Å². The highest BCUT2D eigenvalue weighted by molar-refractivity contribution is 9.10. The molecule has 0 bridgehead atoms. The Bertz CT molecular complexity index is 1120. The number of hydrogen-bond donors (Lipinski definition) is 1. The van der Waals surface area contributed by atoms with Crippen LogP contribution < -0.4 is 4.90 Å². The zero-order valence-electron chi connectivity index (χ0n) is 15.1. The Morgan fingerprint density at radius 1 is 1.19 bits per heavy atom. The van der Waals surface area contributed by atoms with E-state index >= 15 is 0 Å². The van der Waals surface area contributed by atoms with E-state index in [0.717, 1.165) is 37.3 Å². The third-order valence-corrected chi connectivity index (χ3v) is 5.94. The van der Waals surface area contributed by atoms with Gasteiger partial charge in [0.25, 0.3) is 5.91 Å². The van der Waals surface area contributed by atoms with Crippen molar-refractivity contribution >= 4 is 59.4 Å². The van der Waals surface area contributed by atoms with Gasteiger partial charge in [0, 0.05) is 34.7 Å². The van der Waals surface area contributed by atoms with E-state index in [1.807, 2.05) is 56.6 Å². The minimum absolute atomic E-state index is 0.0348. The number of likely N-dealkylation sites (N-methyl/N-ethyl adjacent to an activating group) is 1. The Labute approximate surface area is 169 Å². The lowest BCUT2D eigenvalue weighted by atomic mass is 10.1. The molecule has 0 saturated heterocycles. The van der Waals surface area contributed by atoms with Crippen LogP contribution in [0.4, 0.5) is 5.13 Å². The summed E-state index contributed by atoms with van der Waals surface area (Å²) >= 11 is 5.04. The third kappa shape index (κ3) is 3.63. The van der Waals surface area contributed by atoms with Crippen LogP contribution in [-0.4, -0.2) is 48.0 Å². The first-order valence-electron chi connectivity index (χ1n) is 8.62. The number of nitrogens with zero attached hydrogens (tertiary/aromatic N) is 3. The molecular weight excluding hydrogens is 424 g/mol. The second-order valence-corrected chi connectivity index (χ2v) is 8.54. The maximum absolute atomic E-state index is 13.4. The number of carbonyl (C=O) groups is 1. The fourth-order valence-corrected chi connectivity index (χ4v) is 4.52. The van der Waals surface area contributed by atoms with E-state index in [0.29, 0.717) is 12.1 Å². The van der Waals surface area contributed by atoms with Crippen LogP contribution in [0.25, 0.3) is 21.1 Å². The molecule has 4 aromatic rings. The highest BCUT2D eigenvalue weighted by Gasteiger charge is 2.23. The first-order chi connectivity index (χ1) is 13.0. The first-order valence-corrected chi connectivity index (χ1v) is 10.2. The minimum Gasteiger partial charge on any atom is -0.360 e. The Morgan fingerprint density at radius 3 is 2.81 bits per heavy atom. The highest BCUT2D eigenvalue weighted by Crippen LogP contribution is 2.32. The number of hydrogen-bond acceptors (Lipinski definition) is 4. The summed E-state index contributed by atoms with van der Waals surface area (Å²) in [5, 5.41) is 1.65. The van der Waals surface area contributed by atoms with Crippen LogP contribution in [0.15, 0.2) is 53.1 Å². The molecule has 27 heavy (non-hydrogen) atoms. The average Bonchev–Trinajstić information content (AvgIpc) is 3.25. The summed E-state index contributed by atoms with van der Waals surface area (Å²) in [7, 11) is 4.01. The summed E-state index contributed by atoms with van der Waals surface area (Å²) in [6.07, 6.45) is 1.79. The van der Waals surface area contributed by atoms with Crippen molar-refractivity contribution in [1.82, 2.24) is 14.9 Å². The average molecular weight is 443 g/mol. The van der Waals surface area contributed by atoms with E-state index in [4.69, 9.17) is 4.98 Å². The van der Waals surface area contributed by atoms with Gasteiger partial charge in [-0.2, -0.15) is 0 Å². The van der Waals surface area contributed by atoms with Crippen LogP contribution in [0.3, 0.4) is 0 Å². The van der Waals surface area contributed by atoms with E-state index in [1.165, 1.54) is 11.3 Å². The number of anilines is 1. The van der Waals surface area contributed by atoms with Gasteiger partial charge in [0.1, 0.15) is 0 Å². The standard InChI is InChI=1S/C20H19BrN4OS/c1-24(2)9-10-25(20-23-17-8-7-13(21)11-18(17)27-20)19(26)15-12-22-16-6-4-3-5-14(15)16/h3-8,11-12,22H,9-10H2,1-2H3. The van der Waals surface area contributed by atoms with Crippen LogP contribution in [0.2, 0.25) is 0 Å². The third-order valence-electron chi connectivity index (χ3n) is 4.41. The number of para-hydroxylation sites is 1. The van der Waals surface area contributed by atoms with Crippen molar-refractivity contribution in [2.75, 3.05) is 32.1 Å².